The molecule has 0 radical (unpaired) electrons. The van der Waals surface area contributed by atoms with Crippen LogP contribution in [0.1, 0.15) is 26.3 Å². The Morgan fingerprint density at radius 1 is 1.53 bits per heavy atom. The zero-order valence-corrected chi connectivity index (χ0v) is 10.9. The normalized spacial score (nSPS) is 14.1. The molecular weight excluding hydrogens is 206 g/mol. The highest BCUT2D eigenvalue weighted by Gasteiger charge is 2.28. The first-order valence-electron chi connectivity index (χ1n) is 5.42. The second kappa shape index (κ2) is 5.64. The predicted molar refractivity (Wildman–Crippen MR) is 66.6 cm³/mol. The van der Waals surface area contributed by atoms with Crippen molar-refractivity contribution in [1.82, 2.24) is 5.32 Å². The highest BCUT2D eigenvalue weighted by atomic mass is 32.1. The zero-order valence-electron chi connectivity index (χ0n) is 10.0. The summed E-state index contributed by atoms with van der Waals surface area (Å²) in [6.45, 7) is 7.09. The Morgan fingerprint density at radius 2 is 2.27 bits per heavy atom. The molecule has 0 aliphatic heterocycles. The van der Waals surface area contributed by atoms with Crippen molar-refractivity contribution in [2.75, 3.05) is 13.7 Å². The number of rotatable bonds is 6. The number of nitrogens with one attached hydrogen (secondary N) is 1. The molecule has 0 aliphatic carbocycles. The van der Waals surface area contributed by atoms with E-state index in [9.17, 15) is 0 Å². The second-order valence-corrected chi connectivity index (χ2v) is 4.99. The van der Waals surface area contributed by atoms with Gasteiger partial charge >= 0.3 is 0 Å². The quantitative estimate of drug-likeness (QED) is 0.807. The third kappa shape index (κ3) is 3.59. The number of hydrogen-bond donors (Lipinski definition) is 1. The molecule has 1 N–H and O–H groups in total. The van der Waals surface area contributed by atoms with Gasteiger partial charge in [-0.15, -0.1) is 0 Å². The van der Waals surface area contributed by atoms with Crippen molar-refractivity contribution in [1.29, 1.82) is 0 Å². The molecule has 0 saturated heterocycles. The Balaban J connectivity index is 2.62. The average Bonchev–Trinajstić information content (AvgIpc) is 2.66. The Labute approximate surface area is 96.7 Å². The van der Waals surface area contributed by atoms with Crippen LogP contribution in [0.25, 0.3) is 0 Å². The molecule has 1 atom stereocenters. The lowest BCUT2D eigenvalue weighted by atomic mass is 9.93. The first kappa shape index (κ1) is 12.7. The molecule has 0 bridgehead atoms. The molecule has 0 fully saturated rings. The molecule has 0 spiro atoms. The third-order valence-electron chi connectivity index (χ3n) is 2.72. The minimum absolute atomic E-state index is 0.120. The molecule has 1 heterocycles. The fourth-order valence-corrected chi connectivity index (χ4v) is 2.49. The number of ether oxygens (including phenoxy) is 1. The molecular formula is C12H21NOS. The maximum Gasteiger partial charge on any atom is 0.0781 e. The van der Waals surface area contributed by atoms with Crippen LogP contribution in [0.5, 0.6) is 0 Å². The fraction of sp³-hybridized carbons (Fsp3) is 0.667. The molecule has 1 aromatic heterocycles. The lowest BCUT2D eigenvalue weighted by Gasteiger charge is -2.34. The van der Waals surface area contributed by atoms with Crippen LogP contribution < -0.4 is 5.32 Å². The Kier molecular flexibility index (Phi) is 4.77. The van der Waals surface area contributed by atoms with E-state index in [-0.39, 0.29) is 5.60 Å². The van der Waals surface area contributed by atoms with Crippen LogP contribution in [-0.4, -0.2) is 25.3 Å². The van der Waals surface area contributed by atoms with Crippen molar-refractivity contribution in [2.24, 2.45) is 0 Å². The van der Waals surface area contributed by atoms with Gasteiger partial charge in [-0.2, -0.15) is 11.3 Å². The summed E-state index contributed by atoms with van der Waals surface area (Å²) >= 11 is 1.75. The van der Waals surface area contributed by atoms with E-state index in [0.29, 0.717) is 6.04 Å². The Hall–Kier alpha value is -0.380. The van der Waals surface area contributed by atoms with Crippen LogP contribution in [0, 0.1) is 0 Å². The van der Waals surface area contributed by atoms with Crippen LogP contribution >= 0.6 is 11.3 Å². The maximum absolute atomic E-state index is 5.77. The van der Waals surface area contributed by atoms with E-state index in [4.69, 9.17) is 4.74 Å². The largest absolute Gasteiger partial charge is 0.374 e. The summed E-state index contributed by atoms with van der Waals surface area (Å²) in [6, 6.07) is 2.53. The third-order valence-corrected chi connectivity index (χ3v) is 3.46. The van der Waals surface area contributed by atoms with E-state index in [0.717, 1.165) is 13.0 Å². The van der Waals surface area contributed by atoms with Gasteiger partial charge in [-0.3, -0.25) is 0 Å². The molecule has 15 heavy (non-hydrogen) atoms. The van der Waals surface area contributed by atoms with Gasteiger partial charge in [0.15, 0.2) is 0 Å². The number of likely N-dealkylation sites (N-methyl/N-ethyl adjacent to an activating group) is 1. The molecule has 1 unspecified atom stereocenters. The fourth-order valence-electron chi connectivity index (χ4n) is 1.81. The molecule has 1 rings (SSSR count). The minimum Gasteiger partial charge on any atom is -0.374 e. The molecule has 0 saturated carbocycles. The molecule has 86 valence electrons. The molecule has 0 aromatic carbocycles. The Bertz CT molecular complexity index is 269. The number of hydrogen-bond acceptors (Lipinski definition) is 3. The standard InChI is InChI=1S/C12H21NOS/c1-5-14-12(2,3)11(13-4)8-10-6-7-15-9-10/h6-7,9,11,13H,5,8H2,1-4H3. The van der Waals surface area contributed by atoms with Gasteiger partial charge in [0, 0.05) is 12.6 Å². The van der Waals surface area contributed by atoms with Gasteiger partial charge in [0.1, 0.15) is 0 Å². The summed E-state index contributed by atoms with van der Waals surface area (Å²) in [5.41, 5.74) is 1.26. The Morgan fingerprint density at radius 3 is 2.73 bits per heavy atom. The van der Waals surface area contributed by atoms with Crippen LogP contribution in [0.3, 0.4) is 0 Å². The lowest BCUT2D eigenvalue weighted by molar-refractivity contribution is -0.0363. The van der Waals surface area contributed by atoms with Gasteiger partial charge in [-0.1, -0.05) is 0 Å². The maximum atomic E-state index is 5.77. The molecule has 1 aromatic rings. The predicted octanol–water partition coefficient (Wildman–Crippen LogP) is 2.69. The van der Waals surface area contributed by atoms with Crippen molar-refractivity contribution in [3.63, 3.8) is 0 Å². The number of thiophene rings is 1. The van der Waals surface area contributed by atoms with Crippen molar-refractivity contribution in [3.8, 4) is 0 Å². The molecule has 2 nitrogen and oxygen atoms in total. The van der Waals surface area contributed by atoms with E-state index in [1.54, 1.807) is 11.3 Å². The summed E-state index contributed by atoms with van der Waals surface area (Å²) in [5, 5.41) is 7.67. The highest BCUT2D eigenvalue weighted by molar-refractivity contribution is 7.07. The summed E-state index contributed by atoms with van der Waals surface area (Å²) in [4.78, 5) is 0. The first-order valence-corrected chi connectivity index (χ1v) is 6.36. The first-order chi connectivity index (χ1) is 7.10. The molecule has 0 amide bonds. The minimum atomic E-state index is -0.120. The topological polar surface area (TPSA) is 21.3 Å². The summed E-state index contributed by atoms with van der Waals surface area (Å²) < 4.78 is 5.77. The van der Waals surface area contributed by atoms with Gasteiger partial charge in [0.25, 0.3) is 0 Å². The molecule has 3 heteroatoms. The van der Waals surface area contributed by atoms with Gasteiger partial charge < -0.3 is 10.1 Å². The van der Waals surface area contributed by atoms with Crippen LogP contribution in [0.4, 0.5) is 0 Å². The molecule has 0 aliphatic rings. The summed E-state index contributed by atoms with van der Waals surface area (Å²) in [7, 11) is 2.00. The SMILES string of the molecule is CCOC(C)(C)C(Cc1ccsc1)NC. The summed E-state index contributed by atoms with van der Waals surface area (Å²) in [6.07, 6.45) is 1.02. The van der Waals surface area contributed by atoms with Crippen molar-refractivity contribution >= 4 is 11.3 Å². The van der Waals surface area contributed by atoms with Gasteiger partial charge in [0.05, 0.1) is 5.60 Å². The van der Waals surface area contributed by atoms with Crippen LogP contribution in [-0.2, 0) is 11.2 Å². The van der Waals surface area contributed by atoms with E-state index in [2.05, 4.69) is 36.0 Å². The second-order valence-electron chi connectivity index (χ2n) is 4.21. The van der Waals surface area contributed by atoms with Crippen molar-refractivity contribution in [3.05, 3.63) is 22.4 Å². The lowest BCUT2D eigenvalue weighted by Crippen LogP contribution is -2.48. The monoisotopic (exact) mass is 227 g/mol. The zero-order chi connectivity index (χ0) is 11.3. The smallest absolute Gasteiger partial charge is 0.0781 e. The van der Waals surface area contributed by atoms with E-state index >= 15 is 0 Å². The van der Waals surface area contributed by atoms with E-state index in [1.807, 2.05) is 14.0 Å². The van der Waals surface area contributed by atoms with E-state index < -0.39 is 0 Å². The van der Waals surface area contributed by atoms with Crippen LogP contribution in [0.15, 0.2) is 16.8 Å². The van der Waals surface area contributed by atoms with Crippen LogP contribution in [0.2, 0.25) is 0 Å². The van der Waals surface area contributed by atoms with Crippen molar-refractivity contribution < 1.29 is 4.74 Å². The van der Waals surface area contributed by atoms with Gasteiger partial charge in [0.2, 0.25) is 0 Å². The van der Waals surface area contributed by atoms with E-state index in [1.165, 1.54) is 5.56 Å². The average molecular weight is 227 g/mol. The highest BCUT2D eigenvalue weighted by Crippen LogP contribution is 2.19. The van der Waals surface area contributed by atoms with Gasteiger partial charge in [-0.05, 0) is 56.6 Å². The summed E-state index contributed by atoms with van der Waals surface area (Å²) in [5.74, 6) is 0. The van der Waals surface area contributed by atoms with Gasteiger partial charge in [-0.25, -0.2) is 0 Å². The van der Waals surface area contributed by atoms with Crippen molar-refractivity contribution in [2.45, 2.75) is 38.8 Å².